The summed E-state index contributed by atoms with van der Waals surface area (Å²) < 4.78 is 32.4. The molecular formula is C9H18O6S. The Bertz CT molecular complexity index is 284. The number of carboxylic acids is 1. The van der Waals surface area contributed by atoms with Crippen molar-refractivity contribution in [3.8, 4) is 0 Å². The molecule has 0 unspecified atom stereocenters. The fourth-order valence-electron chi connectivity index (χ4n) is 0.970. The van der Waals surface area contributed by atoms with Crippen LogP contribution in [0.15, 0.2) is 0 Å². The van der Waals surface area contributed by atoms with Crippen molar-refractivity contribution in [2.24, 2.45) is 0 Å². The van der Waals surface area contributed by atoms with Gasteiger partial charge in [0.15, 0.2) is 9.84 Å². The van der Waals surface area contributed by atoms with Crippen molar-refractivity contribution in [3.63, 3.8) is 0 Å². The summed E-state index contributed by atoms with van der Waals surface area (Å²) in [6, 6.07) is 0. The van der Waals surface area contributed by atoms with E-state index in [9.17, 15) is 13.2 Å². The van der Waals surface area contributed by atoms with Crippen LogP contribution in [0.3, 0.4) is 0 Å². The molecule has 96 valence electrons. The van der Waals surface area contributed by atoms with Gasteiger partial charge in [-0.3, -0.25) is 4.79 Å². The zero-order valence-electron chi connectivity index (χ0n) is 9.35. The van der Waals surface area contributed by atoms with E-state index in [1.165, 1.54) is 0 Å². The lowest BCUT2D eigenvalue weighted by atomic mass is 10.5. The summed E-state index contributed by atoms with van der Waals surface area (Å²) in [6.07, 6.45) is 0.0402. The van der Waals surface area contributed by atoms with Gasteiger partial charge in [-0.15, -0.1) is 0 Å². The maximum absolute atomic E-state index is 11.3. The van der Waals surface area contributed by atoms with Crippen molar-refractivity contribution >= 4 is 15.8 Å². The molecule has 0 aliphatic carbocycles. The molecule has 0 aromatic heterocycles. The van der Waals surface area contributed by atoms with Gasteiger partial charge in [-0.1, -0.05) is 0 Å². The first kappa shape index (κ1) is 15.3. The fourth-order valence-corrected chi connectivity index (χ4v) is 2.22. The van der Waals surface area contributed by atoms with E-state index < -0.39 is 15.8 Å². The second kappa shape index (κ2) is 8.49. The normalized spacial score (nSPS) is 11.6. The van der Waals surface area contributed by atoms with E-state index in [2.05, 4.69) is 0 Å². The third kappa shape index (κ3) is 9.88. The molecule has 0 saturated heterocycles. The van der Waals surface area contributed by atoms with E-state index in [0.29, 0.717) is 26.2 Å². The lowest BCUT2D eigenvalue weighted by Gasteiger charge is -2.04. The Hall–Kier alpha value is -0.660. The van der Waals surface area contributed by atoms with E-state index in [1.54, 1.807) is 7.11 Å². The number of ether oxygens (including phenoxy) is 2. The van der Waals surface area contributed by atoms with Gasteiger partial charge in [0.1, 0.15) is 0 Å². The zero-order valence-corrected chi connectivity index (χ0v) is 10.2. The van der Waals surface area contributed by atoms with E-state index in [-0.39, 0.29) is 17.9 Å². The molecule has 6 nitrogen and oxygen atoms in total. The second-order valence-corrected chi connectivity index (χ2v) is 5.56. The van der Waals surface area contributed by atoms with Gasteiger partial charge >= 0.3 is 5.97 Å². The molecular weight excluding hydrogens is 236 g/mol. The molecule has 0 aliphatic rings. The first-order valence-corrected chi connectivity index (χ1v) is 6.79. The highest BCUT2D eigenvalue weighted by atomic mass is 32.2. The number of hydrogen-bond donors (Lipinski definition) is 1. The average molecular weight is 254 g/mol. The van der Waals surface area contributed by atoms with E-state index in [0.717, 1.165) is 0 Å². The molecule has 0 saturated carbocycles. The molecule has 0 amide bonds. The Labute approximate surface area is 95.5 Å². The molecule has 0 aromatic rings. The topological polar surface area (TPSA) is 89.9 Å². The summed E-state index contributed by atoms with van der Waals surface area (Å²) in [5.41, 5.74) is 0. The zero-order chi connectivity index (χ0) is 12.4. The third-order valence-corrected chi connectivity index (χ3v) is 3.54. The van der Waals surface area contributed by atoms with Crippen LogP contribution in [-0.4, -0.2) is 57.9 Å². The van der Waals surface area contributed by atoms with Crippen LogP contribution in [-0.2, 0) is 24.1 Å². The highest BCUT2D eigenvalue weighted by Crippen LogP contribution is 1.97. The van der Waals surface area contributed by atoms with Crippen LogP contribution in [0.2, 0.25) is 0 Å². The summed E-state index contributed by atoms with van der Waals surface area (Å²) in [5, 5.41) is 8.34. The van der Waals surface area contributed by atoms with Crippen molar-refractivity contribution in [2.75, 3.05) is 38.4 Å². The standard InChI is InChI=1S/C9H18O6S/c1-14-5-6-15-4-2-7-16(12,13)8-3-9(10)11/h2-8H2,1H3,(H,10,11). The number of methoxy groups -OCH3 is 1. The van der Waals surface area contributed by atoms with Crippen LogP contribution in [0.5, 0.6) is 0 Å². The molecule has 0 rings (SSSR count). The Balaban J connectivity index is 3.55. The highest BCUT2D eigenvalue weighted by molar-refractivity contribution is 7.91. The van der Waals surface area contributed by atoms with Crippen LogP contribution in [0.25, 0.3) is 0 Å². The Morgan fingerprint density at radius 2 is 1.88 bits per heavy atom. The molecule has 0 spiro atoms. The molecule has 0 heterocycles. The van der Waals surface area contributed by atoms with Gasteiger partial charge in [-0.25, -0.2) is 8.42 Å². The van der Waals surface area contributed by atoms with Crippen LogP contribution in [0.1, 0.15) is 12.8 Å². The molecule has 0 fully saturated rings. The monoisotopic (exact) mass is 254 g/mol. The van der Waals surface area contributed by atoms with Gasteiger partial charge in [0, 0.05) is 13.7 Å². The number of hydrogen-bond acceptors (Lipinski definition) is 5. The van der Waals surface area contributed by atoms with Crippen LogP contribution >= 0.6 is 0 Å². The van der Waals surface area contributed by atoms with Crippen molar-refractivity contribution in [1.82, 2.24) is 0 Å². The summed E-state index contributed by atoms with van der Waals surface area (Å²) in [7, 11) is -1.71. The van der Waals surface area contributed by atoms with Crippen LogP contribution in [0.4, 0.5) is 0 Å². The number of aliphatic carboxylic acids is 1. The second-order valence-electron chi connectivity index (χ2n) is 3.25. The van der Waals surface area contributed by atoms with Crippen LogP contribution in [0, 0.1) is 0 Å². The average Bonchev–Trinajstić information content (AvgIpc) is 2.21. The van der Waals surface area contributed by atoms with E-state index >= 15 is 0 Å². The predicted octanol–water partition coefficient (Wildman–Crippen LogP) is -0.0710. The SMILES string of the molecule is COCCOCCCS(=O)(=O)CCC(=O)O. The van der Waals surface area contributed by atoms with Gasteiger partial charge < -0.3 is 14.6 Å². The maximum Gasteiger partial charge on any atom is 0.304 e. The van der Waals surface area contributed by atoms with Crippen molar-refractivity contribution in [3.05, 3.63) is 0 Å². The number of carboxylic acid groups (broad SMARTS) is 1. The lowest BCUT2D eigenvalue weighted by Crippen LogP contribution is -2.16. The molecule has 0 aliphatic heterocycles. The van der Waals surface area contributed by atoms with Crippen molar-refractivity contribution in [2.45, 2.75) is 12.8 Å². The maximum atomic E-state index is 11.3. The number of sulfone groups is 1. The Morgan fingerprint density at radius 1 is 1.19 bits per heavy atom. The van der Waals surface area contributed by atoms with Crippen molar-refractivity contribution in [1.29, 1.82) is 0 Å². The van der Waals surface area contributed by atoms with E-state index in [1.807, 2.05) is 0 Å². The third-order valence-electron chi connectivity index (χ3n) is 1.80. The Morgan fingerprint density at radius 3 is 2.44 bits per heavy atom. The van der Waals surface area contributed by atoms with Gasteiger partial charge in [0.25, 0.3) is 0 Å². The largest absolute Gasteiger partial charge is 0.481 e. The first-order valence-electron chi connectivity index (χ1n) is 4.97. The van der Waals surface area contributed by atoms with Gasteiger partial charge in [-0.2, -0.15) is 0 Å². The van der Waals surface area contributed by atoms with Gasteiger partial charge in [0.2, 0.25) is 0 Å². The summed E-state index contributed by atoms with van der Waals surface area (Å²) >= 11 is 0. The summed E-state index contributed by atoms with van der Waals surface area (Å²) in [6.45, 7) is 1.26. The molecule has 1 N–H and O–H groups in total. The molecule has 0 radical (unpaired) electrons. The van der Waals surface area contributed by atoms with Gasteiger partial charge in [-0.05, 0) is 6.42 Å². The van der Waals surface area contributed by atoms with E-state index in [4.69, 9.17) is 14.6 Å². The molecule has 0 aromatic carbocycles. The van der Waals surface area contributed by atoms with Crippen molar-refractivity contribution < 1.29 is 27.8 Å². The highest BCUT2D eigenvalue weighted by Gasteiger charge is 2.12. The van der Waals surface area contributed by atoms with Crippen LogP contribution < -0.4 is 0 Å². The lowest BCUT2D eigenvalue weighted by molar-refractivity contribution is -0.136. The minimum Gasteiger partial charge on any atom is -0.481 e. The number of carbonyl (C=O) groups is 1. The molecule has 16 heavy (non-hydrogen) atoms. The summed E-state index contributed by atoms with van der Waals surface area (Å²) in [5.74, 6) is -1.44. The Kier molecular flexibility index (Phi) is 8.14. The smallest absolute Gasteiger partial charge is 0.304 e. The first-order chi connectivity index (χ1) is 7.48. The minimum atomic E-state index is -3.26. The molecule has 0 bridgehead atoms. The predicted molar refractivity (Wildman–Crippen MR) is 58.2 cm³/mol. The molecule has 7 heteroatoms. The minimum absolute atomic E-state index is 0.0345. The van der Waals surface area contributed by atoms with Gasteiger partial charge in [0.05, 0.1) is 31.1 Å². The quantitative estimate of drug-likeness (QED) is 0.549. The number of rotatable bonds is 10. The fraction of sp³-hybridized carbons (Fsp3) is 0.889. The molecule has 0 atom stereocenters. The summed E-state index contributed by atoms with van der Waals surface area (Å²) in [4.78, 5) is 10.2.